The molecule has 1 N–H and O–H groups in total. The number of aromatic nitrogens is 3. The topological polar surface area (TPSA) is 50.7 Å². The van der Waals surface area contributed by atoms with Crippen LogP contribution in [-0.2, 0) is 0 Å². The Morgan fingerprint density at radius 1 is 1.53 bits per heavy atom. The number of aromatic amines is 1. The Morgan fingerprint density at radius 2 is 2.27 bits per heavy atom. The SMILES string of the molecule is Cc1nn(-c2ccc(Br)c(F)c2)c(=O)[nH]1. The van der Waals surface area contributed by atoms with Crippen LogP contribution in [0.15, 0.2) is 27.5 Å². The lowest BCUT2D eigenvalue weighted by Crippen LogP contribution is -2.16. The maximum absolute atomic E-state index is 13.2. The Balaban J connectivity index is 2.59. The minimum absolute atomic E-state index is 0.353. The molecule has 15 heavy (non-hydrogen) atoms. The van der Waals surface area contributed by atoms with Gasteiger partial charge in [0.1, 0.15) is 11.6 Å². The van der Waals surface area contributed by atoms with Crippen LogP contribution in [0.3, 0.4) is 0 Å². The van der Waals surface area contributed by atoms with Gasteiger partial charge in [0.15, 0.2) is 0 Å². The lowest BCUT2D eigenvalue weighted by molar-refractivity contribution is 0.618. The van der Waals surface area contributed by atoms with Crippen molar-refractivity contribution in [3.05, 3.63) is 44.8 Å². The number of rotatable bonds is 1. The fourth-order valence-corrected chi connectivity index (χ4v) is 1.47. The Kier molecular flexibility index (Phi) is 2.44. The summed E-state index contributed by atoms with van der Waals surface area (Å²) < 4.78 is 14.7. The summed E-state index contributed by atoms with van der Waals surface area (Å²) in [4.78, 5) is 13.8. The molecule has 1 aromatic heterocycles. The van der Waals surface area contributed by atoms with Crippen LogP contribution in [0.2, 0.25) is 0 Å². The fourth-order valence-electron chi connectivity index (χ4n) is 1.22. The van der Waals surface area contributed by atoms with Gasteiger partial charge in [0.2, 0.25) is 0 Å². The minimum Gasteiger partial charge on any atom is -0.293 e. The molecule has 1 aromatic carbocycles. The van der Waals surface area contributed by atoms with Crippen molar-refractivity contribution in [2.24, 2.45) is 0 Å². The average Bonchev–Trinajstić information content (AvgIpc) is 2.50. The van der Waals surface area contributed by atoms with Crippen molar-refractivity contribution in [3.8, 4) is 5.69 Å². The number of hydrogen-bond acceptors (Lipinski definition) is 2. The van der Waals surface area contributed by atoms with E-state index in [1.807, 2.05) is 0 Å². The minimum atomic E-state index is -0.431. The van der Waals surface area contributed by atoms with E-state index in [1.165, 1.54) is 12.1 Å². The highest BCUT2D eigenvalue weighted by molar-refractivity contribution is 9.10. The Hall–Kier alpha value is -1.43. The van der Waals surface area contributed by atoms with E-state index in [-0.39, 0.29) is 5.69 Å². The van der Waals surface area contributed by atoms with Crippen molar-refractivity contribution < 1.29 is 4.39 Å². The van der Waals surface area contributed by atoms with E-state index in [0.29, 0.717) is 16.0 Å². The molecule has 0 atom stereocenters. The van der Waals surface area contributed by atoms with Crippen LogP contribution < -0.4 is 5.69 Å². The van der Waals surface area contributed by atoms with Crippen molar-refractivity contribution in [2.75, 3.05) is 0 Å². The molecule has 0 unspecified atom stereocenters. The molecule has 0 aliphatic heterocycles. The molecule has 2 aromatic rings. The zero-order valence-corrected chi connectivity index (χ0v) is 9.38. The van der Waals surface area contributed by atoms with Crippen molar-refractivity contribution in [2.45, 2.75) is 6.92 Å². The number of nitrogens with zero attached hydrogens (tertiary/aromatic N) is 2. The van der Waals surface area contributed by atoms with E-state index in [0.717, 1.165) is 4.68 Å². The number of H-pyrrole nitrogens is 1. The normalized spacial score (nSPS) is 10.6. The zero-order valence-electron chi connectivity index (χ0n) is 7.79. The van der Waals surface area contributed by atoms with Crippen molar-refractivity contribution in [1.29, 1.82) is 0 Å². The summed E-state index contributed by atoms with van der Waals surface area (Å²) in [5.74, 6) is 0.0587. The molecule has 78 valence electrons. The number of aryl methyl sites for hydroxylation is 1. The highest BCUT2D eigenvalue weighted by Crippen LogP contribution is 2.17. The van der Waals surface area contributed by atoms with Crippen LogP contribution in [0.1, 0.15) is 5.82 Å². The van der Waals surface area contributed by atoms with Gasteiger partial charge >= 0.3 is 5.69 Å². The van der Waals surface area contributed by atoms with Gasteiger partial charge in [-0.1, -0.05) is 0 Å². The molecule has 0 saturated carbocycles. The van der Waals surface area contributed by atoms with Gasteiger partial charge < -0.3 is 0 Å². The summed E-state index contributed by atoms with van der Waals surface area (Å²) in [7, 11) is 0. The third kappa shape index (κ3) is 1.85. The summed E-state index contributed by atoms with van der Waals surface area (Å²) in [6.45, 7) is 1.66. The molecule has 4 nitrogen and oxygen atoms in total. The molecule has 1 heterocycles. The lowest BCUT2D eigenvalue weighted by Gasteiger charge is -2.00. The van der Waals surface area contributed by atoms with Crippen LogP contribution in [0.25, 0.3) is 5.69 Å². The first-order valence-electron chi connectivity index (χ1n) is 4.19. The summed E-state index contributed by atoms with van der Waals surface area (Å²) >= 11 is 3.04. The van der Waals surface area contributed by atoms with Crippen molar-refractivity contribution in [3.63, 3.8) is 0 Å². The van der Waals surface area contributed by atoms with Crippen LogP contribution in [0, 0.1) is 12.7 Å². The van der Waals surface area contributed by atoms with Crippen LogP contribution in [-0.4, -0.2) is 14.8 Å². The van der Waals surface area contributed by atoms with Gasteiger partial charge in [0.25, 0.3) is 0 Å². The van der Waals surface area contributed by atoms with E-state index in [2.05, 4.69) is 26.0 Å². The second kappa shape index (κ2) is 3.62. The van der Waals surface area contributed by atoms with Crippen molar-refractivity contribution >= 4 is 15.9 Å². The quantitative estimate of drug-likeness (QED) is 0.860. The monoisotopic (exact) mass is 271 g/mol. The van der Waals surface area contributed by atoms with E-state index < -0.39 is 5.82 Å². The zero-order chi connectivity index (χ0) is 11.0. The number of benzene rings is 1. The van der Waals surface area contributed by atoms with Gasteiger partial charge in [-0.25, -0.2) is 9.18 Å². The predicted molar refractivity (Wildman–Crippen MR) is 56.6 cm³/mol. The summed E-state index contributed by atoms with van der Waals surface area (Å²) in [6.07, 6.45) is 0. The van der Waals surface area contributed by atoms with E-state index in [1.54, 1.807) is 13.0 Å². The lowest BCUT2D eigenvalue weighted by atomic mass is 10.3. The highest BCUT2D eigenvalue weighted by atomic mass is 79.9. The second-order valence-corrected chi connectivity index (χ2v) is 3.88. The van der Waals surface area contributed by atoms with E-state index in [9.17, 15) is 9.18 Å². The molecular weight excluding hydrogens is 265 g/mol. The molecule has 0 bridgehead atoms. The smallest absolute Gasteiger partial charge is 0.293 e. The molecule has 0 saturated heterocycles. The van der Waals surface area contributed by atoms with E-state index >= 15 is 0 Å². The van der Waals surface area contributed by atoms with Crippen LogP contribution >= 0.6 is 15.9 Å². The molecular formula is C9H7BrFN3O. The van der Waals surface area contributed by atoms with Crippen LogP contribution in [0.4, 0.5) is 4.39 Å². The first-order chi connectivity index (χ1) is 7.08. The maximum Gasteiger partial charge on any atom is 0.348 e. The molecule has 2 rings (SSSR count). The second-order valence-electron chi connectivity index (χ2n) is 3.03. The summed E-state index contributed by atoms with van der Waals surface area (Å²) in [6, 6.07) is 4.38. The maximum atomic E-state index is 13.2. The fraction of sp³-hybridized carbons (Fsp3) is 0.111. The third-order valence-electron chi connectivity index (χ3n) is 1.88. The average molecular weight is 272 g/mol. The van der Waals surface area contributed by atoms with Gasteiger partial charge in [0.05, 0.1) is 10.2 Å². The van der Waals surface area contributed by atoms with Gasteiger partial charge in [-0.3, -0.25) is 4.98 Å². The summed E-state index contributed by atoms with van der Waals surface area (Å²) in [5.41, 5.74) is 0.0132. The van der Waals surface area contributed by atoms with Crippen LogP contribution in [0.5, 0.6) is 0 Å². The number of hydrogen-bond donors (Lipinski definition) is 1. The van der Waals surface area contributed by atoms with Gasteiger partial charge in [-0.2, -0.15) is 9.78 Å². The molecule has 0 fully saturated rings. The molecule has 0 aliphatic rings. The first kappa shape index (κ1) is 10.1. The summed E-state index contributed by atoms with van der Waals surface area (Å²) in [5, 5.41) is 3.92. The number of nitrogens with one attached hydrogen (secondary N) is 1. The van der Waals surface area contributed by atoms with Crippen molar-refractivity contribution in [1.82, 2.24) is 14.8 Å². The molecule has 0 amide bonds. The Labute approximate surface area is 92.9 Å². The van der Waals surface area contributed by atoms with E-state index in [4.69, 9.17) is 0 Å². The van der Waals surface area contributed by atoms with Gasteiger partial charge in [-0.15, -0.1) is 0 Å². The third-order valence-corrected chi connectivity index (χ3v) is 2.52. The number of halogens is 2. The highest BCUT2D eigenvalue weighted by Gasteiger charge is 2.06. The Morgan fingerprint density at radius 3 is 2.80 bits per heavy atom. The molecule has 0 radical (unpaired) electrons. The van der Waals surface area contributed by atoms with Gasteiger partial charge in [0, 0.05) is 6.07 Å². The molecule has 6 heteroatoms. The van der Waals surface area contributed by atoms with Gasteiger partial charge in [-0.05, 0) is 35.0 Å². The first-order valence-corrected chi connectivity index (χ1v) is 4.98. The standard InChI is InChI=1S/C9H7BrFN3O/c1-5-12-9(15)14(13-5)6-2-3-7(10)8(11)4-6/h2-4H,1H3,(H,12,13,15). The molecule has 0 aliphatic carbocycles. The predicted octanol–water partition coefficient (Wildman–Crippen LogP) is 1.77. The molecule has 0 spiro atoms. The largest absolute Gasteiger partial charge is 0.348 e. The Bertz CT molecular complexity index is 561.